The van der Waals surface area contributed by atoms with Gasteiger partial charge in [-0.05, 0) is 24.6 Å². The monoisotopic (exact) mass is 349 g/mol. The minimum absolute atomic E-state index is 0.170. The summed E-state index contributed by atoms with van der Waals surface area (Å²) in [6, 6.07) is 6.52. The molecule has 3 rings (SSSR count). The minimum atomic E-state index is -0.790. The smallest absolute Gasteiger partial charge is 0.226 e. The minimum Gasteiger partial charge on any atom is -0.386 e. The number of amides is 1. The van der Waals surface area contributed by atoms with Gasteiger partial charge in [0.15, 0.2) is 4.96 Å². The molecule has 1 aromatic carbocycles. The first-order chi connectivity index (χ1) is 11.0. The Bertz CT molecular complexity index is 784. The van der Waals surface area contributed by atoms with Crippen molar-refractivity contribution in [3.05, 3.63) is 58.3 Å². The van der Waals surface area contributed by atoms with E-state index in [1.807, 2.05) is 22.2 Å². The van der Waals surface area contributed by atoms with E-state index in [1.54, 1.807) is 31.2 Å². The van der Waals surface area contributed by atoms with Crippen LogP contribution in [-0.4, -0.2) is 26.4 Å². The predicted octanol–water partition coefficient (Wildman–Crippen LogP) is 2.83. The second-order valence-corrected chi connectivity index (χ2v) is 6.66. The van der Waals surface area contributed by atoms with E-state index in [-0.39, 0.29) is 12.3 Å². The highest BCUT2D eigenvalue weighted by Crippen LogP contribution is 2.19. The first-order valence-electron chi connectivity index (χ1n) is 7.17. The van der Waals surface area contributed by atoms with Crippen molar-refractivity contribution < 1.29 is 9.90 Å². The Hall–Kier alpha value is -1.89. The average Bonchev–Trinajstić information content (AvgIpc) is 3.08. The van der Waals surface area contributed by atoms with Crippen LogP contribution in [-0.2, 0) is 11.2 Å². The van der Waals surface area contributed by atoms with Gasteiger partial charge in [0.2, 0.25) is 5.91 Å². The van der Waals surface area contributed by atoms with Crippen LogP contribution >= 0.6 is 22.9 Å². The van der Waals surface area contributed by atoms with Crippen molar-refractivity contribution in [1.29, 1.82) is 0 Å². The van der Waals surface area contributed by atoms with Crippen molar-refractivity contribution in [2.24, 2.45) is 0 Å². The summed E-state index contributed by atoms with van der Waals surface area (Å²) in [6.07, 6.45) is 3.14. The number of aliphatic hydroxyl groups excluding tert-OH is 1. The van der Waals surface area contributed by atoms with Crippen molar-refractivity contribution in [2.75, 3.05) is 0 Å². The average molecular weight is 350 g/mol. The second kappa shape index (κ2) is 6.70. The van der Waals surface area contributed by atoms with Crippen molar-refractivity contribution in [3.63, 3.8) is 0 Å². The number of nitrogens with zero attached hydrogens (tertiary/aromatic N) is 2. The zero-order valence-electron chi connectivity index (χ0n) is 12.4. The number of fused-ring (bicyclic) bond motifs is 1. The molecule has 0 spiro atoms. The first-order valence-corrected chi connectivity index (χ1v) is 8.42. The molecule has 0 aliphatic rings. The van der Waals surface area contributed by atoms with Gasteiger partial charge in [-0.15, -0.1) is 11.3 Å². The lowest BCUT2D eigenvalue weighted by atomic mass is 10.0. The molecule has 120 valence electrons. The Morgan fingerprint density at radius 3 is 2.87 bits per heavy atom. The maximum absolute atomic E-state index is 12.1. The van der Waals surface area contributed by atoms with E-state index in [4.69, 9.17) is 11.6 Å². The van der Waals surface area contributed by atoms with Crippen LogP contribution in [0.15, 0.2) is 42.0 Å². The third-order valence-corrected chi connectivity index (χ3v) is 4.58. The zero-order chi connectivity index (χ0) is 16.4. The molecule has 0 radical (unpaired) electrons. The number of aliphatic hydroxyl groups is 1. The molecule has 0 bridgehead atoms. The molecular weight excluding hydrogens is 334 g/mol. The Morgan fingerprint density at radius 2 is 2.17 bits per heavy atom. The third kappa shape index (κ3) is 3.72. The summed E-state index contributed by atoms with van der Waals surface area (Å²) in [7, 11) is 0. The van der Waals surface area contributed by atoms with Crippen LogP contribution in [0, 0.1) is 0 Å². The van der Waals surface area contributed by atoms with Crippen LogP contribution in [0.25, 0.3) is 4.96 Å². The van der Waals surface area contributed by atoms with Gasteiger partial charge in [0, 0.05) is 22.8 Å². The number of hydrogen-bond acceptors (Lipinski definition) is 4. The highest BCUT2D eigenvalue weighted by Gasteiger charge is 2.19. The highest BCUT2D eigenvalue weighted by molar-refractivity contribution is 7.15. The Labute approximate surface area is 142 Å². The second-order valence-electron chi connectivity index (χ2n) is 5.35. The fourth-order valence-corrected chi connectivity index (χ4v) is 3.20. The molecule has 2 N–H and O–H groups in total. The number of imidazole rings is 1. The number of benzene rings is 1. The maximum Gasteiger partial charge on any atom is 0.226 e. The summed E-state index contributed by atoms with van der Waals surface area (Å²) in [4.78, 5) is 17.4. The van der Waals surface area contributed by atoms with Gasteiger partial charge >= 0.3 is 0 Å². The molecule has 2 aromatic heterocycles. The molecule has 1 amide bonds. The number of carbonyl (C=O) groups is 1. The van der Waals surface area contributed by atoms with Crippen molar-refractivity contribution in [1.82, 2.24) is 14.7 Å². The summed E-state index contributed by atoms with van der Waals surface area (Å²) in [5.41, 5.74) is 1.42. The molecule has 5 nitrogen and oxygen atoms in total. The number of nitrogens with one attached hydrogen (secondary N) is 1. The number of halogens is 1. The molecule has 3 aromatic rings. The van der Waals surface area contributed by atoms with E-state index < -0.39 is 12.1 Å². The lowest BCUT2D eigenvalue weighted by Crippen LogP contribution is -2.38. The fourth-order valence-electron chi connectivity index (χ4n) is 2.36. The summed E-state index contributed by atoms with van der Waals surface area (Å²) >= 11 is 7.36. The van der Waals surface area contributed by atoms with Gasteiger partial charge in [-0.1, -0.05) is 23.7 Å². The highest BCUT2D eigenvalue weighted by atomic mass is 35.5. The van der Waals surface area contributed by atoms with Crippen LogP contribution < -0.4 is 5.32 Å². The van der Waals surface area contributed by atoms with Crippen molar-refractivity contribution >= 4 is 33.8 Å². The molecule has 7 heteroatoms. The Morgan fingerprint density at radius 1 is 1.43 bits per heavy atom. The van der Waals surface area contributed by atoms with Crippen LogP contribution in [0.2, 0.25) is 5.02 Å². The largest absolute Gasteiger partial charge is 0.386 e. The Kier molecular flexibility index (Phi) is 4.66. The quantitative estimate of drug-likeness (QED) is 0.744. The molecule has 0 saturated heterocycles. The van der Waals surface area contributed by atoms with Crippen molar-refractivity contribution in [2.45, 2.75) is 25.5 Å². The summed E-state index contributed by atoms with van der Waals surface area (Å²) < 4.78 is 1.89. The lowest BCUT2D eigenvalue weighted by molar-refractivity contribution is -0.121. The Balaban J connectivity index is 1.60. The summed E-state index contributed by atoms with van der Waals surface area (Å²) in [5, 5.41) is 15.7. The summed E-state index contributed by atoms with van der Waals surface area (Å²) in [5.74, 6) is -0.170. The van der Waals surface area contributed by atoms with E-state index >= 15 is 0 Å². The standard InChI is InChI=1S/C16H16ClN3O2S/c1-10(15(22)11-2-4-12(17)5-3-11)18-14(21)8-13-9-20-6-7-23-16(20)19-13/h2-7,9-10,15,22H,8H2,1H3,(H,18,21). The van der Waals surface area contributed by atoms with Crippen LogP contribution in [0.4, 0.5) is 0 Å². The molecule has 0 aliphatic carbocycles. The van der Waals surface area contributed by atoms with E-state index in [0.717, 1.165) is 4.96 Å². The maximum atomic E-state index is 12.1. The number of aromatic nitrogens is 2. The molecule has 2 heterocycles. The van der Waals surface area contributed by atoms with Gasteiger partial charge in [0.25, 0.3) is 0 Å². The number of hydrogen-bond donors (Lipinski definition) is 2. The summed E-state index contributed by atoms with van der Waals surface area (Å²) in [6.45, 7) is 1.77. The normalized spacial score (nSPS) is 13.9. The van der Waals surface area contributed by atoms with Gasteiger partial charge in [0.1, 0.15) is 0 Å². The molecule has 0 aliphatic heterocycles. The molecule has 0 saturated carbocycles. The first kappa shape index (κ1) is 16.0. The van der Waals surface area contributed by atoms with Crippen LogP contribution in [0.3, 0.4) is 0 Å². The van der Waals surface area contributed by atoms with Crippen LogP contribution in [0.1, 0.15) is 24.3 Å². The lowest BCUT2D eigenvalue weighted by Gasteiger charge is -2.20. The number of rotatable bonds is 5. The van der Waals surface area contributed by atoms with Gasteiger partial charge in [-0.3, -0.25) is 9.20 Å². The van der Waals surface area contributed by atoms with Gasteiger partial charge in [0.05, 0.1) is 24.3 Å². The fraction of sp³-hybridized carbons (Fsp3) is 0.250. The topological polar surface area (TPSA) is 66.6 Å². The zero-order valence-corrected chi connectivity index (χ0v) is 14.0. The molecule has 0 fully saturated rings. The van der Waals surface area contributed by atoms with Gasteiger partial charge < -0.3 is 10.4 Å². The van der Waals surface area contributed by atoms with Crippen molar-refractivity contribution in [3.8, 4) is 0 Å². The van der Waals surface area contributed by atoms with Crippen LogP contribution in [0.5, 0.6) is 0 Å². The predicted molar refractivity (Wildman–Crippen MR) is 90.8 cm³/mol. The molecule has 2 unspecified atom stereocenters. The molecule has 2 atom stereocenters. The van der Waals surface area contributed by atoms with E-state index in [9.17, 15) is 9.90 Å². The van der Waals surface area contributed by atoms with Gasteiger partial charge in [-0.2, -0.15) is 0 Å². The SMILES string of the molecule is CC(NC(=O)Cc1cn2ccsc2n1)C(O)c1ccc(Cl)cc1. The molecular formula is C16H16ClN3O2S. The van der Waals surface area contributed by atoms with E-state index in [2.05, 4.69) is 10.3 Å². The number of thiazole rings is 1. The third-order valence-electron chi connectivity index (χ3n) is 3.56. The molecule has 23 heavy (non-hydrogen) atoms. The van der Waals surface area contributed by atoms with E-state index in [0.29, 0.717) is 16.3 Å². The van der Waals surface area contributed by atoms with E-state index in [1.165, 1.54) is 11.3 Å². The number of carbonyl (C=O) groups excluding carboxylic acids is 1. The van der Waals surface area contributed by atoms with Gasteiger partial charge in [-0.25, -0.2) is 4.98 Å².